The molecular weight excluding hydrogens is 318 g/mol. The Morgan fingerprint density at radius 1 is 1.43 bits per heavy atom. The van der Waals surface area contributed by atoms with Gasteiger partial charge in [-0.3, -0.25) is 14.4 Å². The van der Waals surface area contributed by atoms with Gasteiger partial charge in [0.2, 0.25) is 5.91 Å². The van der Waals surface area contributed by atoms with Crippen LogP contribution in [-0.4, -0.2) is 38.7 Å². The highest BCUT2D eigenvalue weighted by atomic mass is 32.2. The Hall–Kier alpha value is -1.67. The van der Waals surface area contributed by atoms with Crippen molar-refractivity contribution >= 4 is 21.6 Å². The van der Waals surface area contributed by atoms with Crippen LogP contribution in [0, 0.1) is 10.2 Å². The summed E-state index contributed by atoms with van der Waals surface area (Å²) in [6.07, 6.45) is 4.07. The zero-order valence-electron chi connectivity index (χ0n) is 13.2. The zero-order valence-corrected chi connectivity index (χ0v) is 14.0. The molecule has 0 spiro atoms. The van der Waals surface area contributed by atoms with Crippen LogP contribution in [0.1, 0.15) is 32.1 Å². The van der Waals surface area contributed by atoms with Gasteiger partial charge in [-0.25, -0.2) is 4.21 Å². The Labute approximate surface area is 137 Å². The molecule has 8 heteroatoms. The summed E-state index contributed by atoms with van der Waals surface area (Å²) < 4.78 is 20.1. The first-order valence-electron chi connectivity index (χ1n) is 7.47. The summed E-state index contributed by atoms with van der Waals surface area (Å²) in [4.78, 5) is 23.0. The summed E-state index contributed by atoms with van der Waals surface area (Å²) in [5.74, 6) is -1.35. The maximum absolute atomic E-state index is 12.3. The SMILES string of the molecule is C=CC(=C)NC(=O)C1(CCS(=N)(=O)CC[C@H](N)C(=O)O)CCC1. The van der Waals surface area contributed by atoms with E-state index < -0.39 is 27.2 Å². The normalized spacial score (nSPS) is 19.7. The highest BCUT2D eigenvalue weighted by Gasteiger charge is 2.44. The number of carbonyl (C=O) groups is 2. The fraction of sp³-hybridized carbons (Fsp3) is 0.600. The molecule has 1 amide bonds. The summed E-state index contributed by atoms with van der Waals surface area (Å²) in [7, 11) is -2.95. The monoisotopic (exact) mass is 343 g/mol. The summed E-state index contributed by atoms with van der Waals surface area (Å²) >= 11 is 0. The molecule has 2 atom stereocenters. The van der Waals surface area contributed by atoms with E-state index in [-0.39, 0.29) is 23.8 Å². The van der Waals surface area contributed by atoms with E-state index in [1.54, 1.807) is 0 Å². The fourth-order valence-electron chi connectivity index (χ4n) is 2.43. The molecule has 0 radical (unpaired) electrons. The Bertz CT molecular complexity index is 594. The van der Waals surface area contributed by atoms with E-state index in [0.29, 0.717) is 25.0 Å². The van der Waals surface area contributed by atoms with E-state index >= 15 is 0 Å². The molecule has 1 unspecified atom stereocenters. The van der Waals surface area contributed by atoms with Gasteiger partial charge in [0.1, 0.15) is 6.04 Å². The average Bonchev–Trinajstić information content (AvgIpc) is 2.43. The molecule has 7 nitrogen and oxygen atoms in total. The topological polar surface area (TPSA) is 133 Å². The number of nitrogens with one attached hydrogen (secondary N) is 2. The van der Waals surface area contributed by atoms with Crippen LogP contribution in [0.2, 0.25) is 0 Å². The van der Waals surface area contributed by atoms with Gasteiger partial charge in [-0.1, -0.05) is 19.6 Å². The number of carboxylic acids is 1. The van der Waals surface area contributed by atoms with Crippen LogP contribution in [0.4, 0.5) is 0 Å². The molecule has 0 saturated heterocycles. The zero-order chi connectivity index (χ0) is 17.7. The van der Waals surface area contributed by atoms with E-state index in [9.17, 15) is 13.8 Å². The first-order valence-corrected chi connectivity index (χ1v) is 9.37. The van der Waals surface area contributed by atoms with Gasteiger partial charge in [0.05, 0.1) is 5.41 Å². The van der Waals surface area contributed by atoms with Crippen molar-refractivity contribution in [3.05, 3.63) is 24.9 Å². The van der Waals surface area contributed by atoms with Gasteiger partial charge in [-0.05, 0) is 31.8 Å². The van der Waals surface area contributed by atoms with E-state index in [4.69, 9.17) is 15.6 Å². The second-order valence-electron chi connectivity index (χ2n) is 6.02. The van der Waals surface area contributed by atoms with Crippen molar-refractivity contribution in [3.8, 4) is 0 Å². The lowest BCUT2D eigenvalue weighted by Gasteiger charge is -2.40. The lowest BCUT2D eigenvalue weighted by Crippen LogP contribution is -2.46. The van der Waals surface area contributed by atoms with Crippen molar-refractivity contribution in [1.82, 2.24) is 5.32 Å². The number of hydrogen-bond donors (Lipinski definition) is 4. The highest BCUT2D eigenvalue weighted by Crippen LogP contribution is 2.44. The summed E-state index contributed by atoms with van der Waals surface area (Å²) in [5.41, 5.74) is 5.18. The number of rotatable bonds is 10. The molecule has 1 fully saturated rings. The molecule has 0 bridgehead atoms. The predicted octanol–water partition coefficient (Wildman–Crippen LogP) is 1.21. The number of carboxylic acid groups (broad SMARTS) is 1. The molecule has 0 aromatic carbocycles. The largest absolute Gasteiger partial charge is 0.480 e. The average molecular weight is 343 g/mol. The summed E-state index contributed by atoms with van der Waals surface area (Å²) in [6.45, 7) is 7.18. The third-order valence-corrected chi connectivity index (χ3v) is 6.06. The Morgan fingerprint density at radius 3 is 2.48 bits per heavy atom. The second-order valence-corrected chi connectivity index (χ2v) is 8.46. The minimum absolute atomic E-state index is 0.00979. The number of carbonyl (C=O) groups excluding carboxylic acids is 1. The van der Waals surface area contributed by atoms with Gasteiger partial charge in [-0.15, -0.1) is 0 Å². The molecule has 0 aliphatic heterocycles. The van der Waals surface area contributed by atoms with E-state index in [1.807, 2.05) is 0 Å². The Balaban J connectivity index is 2.59. The van der Waals surface area contributed by atoms with Gasteiger partial charge in [0, 0.05) is 26.9 Å². The molecule has 1 aliphatic carbocycles. The standard InChI is InChI=1S/C15H25N3O4S/c1-3-11(2)18-14(21)15(6-4-7-15)8-10-23(17,22)9-5-12(16)13(19)20/h3,12,17H,1-2,4-10,16H2,(H,18,21)(H,19,20)/t12-,23?/m0/s1. The maximum Gasteiger partial charge on any atom is 0.320 e. The second kappa shape index (κ2) is 7.74. The maximum atomic E-state index is 12.3. The van der Waals surface area contributed by atoms with E-state index in [2.05, 4.69) is 18.5 Å². The van der Waals surface area contributed by atoms with Crippen molar-refractivity contribution in [2.24, 2.45) is 11.1 Å². The number of aliphatic carboxylic acids is 1. The van der Waals surface area contributed by atoms with Crippen molar-refractivity contribution in [3.63, 3.8) is 0 Å². The number of allylic oxidation sites excluding steroid dienone is 1. The molecule has 130 valence electrons. The van der Waals surface area contributed by atoms with Crippen LogP contribution in [0.15, 0.2) is 24.9 Å². The van der Waals surface area contributed by atoms with E-state index in [0.717, 1.165) is 6.42 Å². The van der Waals surface area contributed by atoms with Crippen LogP contribution >= 0.6 is 0 Å². The third kappa shape index (κ3) is 5.47. The van der Waals surface area contributed by atoms with Crippen LogP contribution in [-0.2, 0) is 19.3 Å². The first kappa shape index (κ1) is 19.4. The van der Waals surface area contributed by atoms with Crippen LogP contribution in [0.5, 0.6) is 0 Å². The summed E-state index contributed by atoms with van der Waals surface area (Å²) in [5, 5.41) is 11.4. The quantitative estimate of drug-likeness (QED) is 0.442. The van der Waals surface area contributed by atoms with Crippen LogP contribution in [0.3, 0.4) is 0 Å². The molecule has 0 heterocycles. The molecule has 1 rings (SSSR count). The van der Waals surface area contributed by atoms with Gasteiger partial charge in [0.15, 0.2) is 0 Å². The number of amides is 1. The number of hydrogen-bond acceptors (Lipinski definition) is 5. The third-order valence-electron chi connectivity index (χ3n) is 4.30. The van der Waals surface area contributed by atoms with E-state index in [1.165, 1.54) is 6.08 Å². The molecular formula is C15H25N3O4S. The van der Waals surface area contributed by atoms with Gasteiger partial charge >= 0.3 is 5.97 Å². The smallest absolute Gasteiger partial charge is 0.320 e. The lowest BCUT2D eigenvalue weighted by molar-refractivity contribution is -0.138. The first-order chi connectivity index (χ1) is 10.6. The minimum atomic E-state index is -2.95. The fourth-order valence-corrected chi connectivity index (χ4v) is 3.99. The highest BCUT2D eigenvalue weighted by molar-refractivity contribution is 7.92. The van der Waals surface area contributed by atoms with Gasteiger partial charge < -0.3 is 16.2 Å². The van der Waals surface area contributed by atoms with Crippen molar-refractivity contribution < 1.29 is 18.9 Å². The Kier molecular flexibility index (Phi) is 6.52. The number of nitrogens with two attached hydrogens (primary N) is 1. The van der Waals surface area contributed by atoms with Crippen molar-refractivity contribution in [2.75, 3.05) is 11.5 Å². The van der Waals surface area contributed by atoms with Gasteiger partial charge in [-0.2, -0.15) is 0 Å². The van der Waals surface area contributed by atoms with Crippen molar-refractivity contribution in [2.45, 2.75) is 38.1 Å². The van der Waals surface area contributed by atoms with Crippen molar-refractivity contribution in [1.29, 1.82) is 4.78 Å². The Morgan fingerprint density at radius 2 is 2.04 bits per heavy atom. The lowest BCUT2D eigenvalue weighted by atomic mass is 9.66. The molecule has 1 aliphatic rings. The molecule has 0 aromatic heterocycles. The van der Waals surface area contributed by atoms with Crippen LogP contribution < -0.4 is 11.1 Å². The molecule has 23 heavy (non-hydrogen) atoms. The minimum Gasteiger partial charge on any atom is -0.480 e. The molecule has 0 aromatic rings. The van der Waals surface area contributed by atoms with Crippen LogP contribution in [0.25, 0.3) is 0 Å². The molecule has 1 saturated carbocycles. The predicted molar refractivity (Wildman–Crippen MR) is 89.2 cm³/mol. The molecule has 5 N–H and O–H groups in total. The summed E-state index contributed by atoms with van der Waals surface area (Å²) in [6, 6.07) is -1.11. The van der Waals surface area contributed by atoms with Gasteiger partial charge in [0.25, 0.3) is 0 Å².